The van der Waals surface area contributed by atoms with Gasteiger partial charge in [0, 0.05) is 13.1 Å². The van der Waals surface area contributed by atoms with Crippen LogP contribution in [0.4, 0.5) is 4.79 Å². The zero-order valence-electron chi connectivity index (χ0n) is 16.5. The molecule has 146 valence electrons. The standard InChI is InChI=1S/C22H25N3O3/c1-5-24(13-15(2)3)19(26)14-25-20(27)22(4,23-21(25)28)18-12-8-10-16-9-6-7-11-17(16)18/h6-12H,2,5,13-14H2,1,3-4H3,(H,23,28). The summed E-state index contributed by atoms with van der Waals surface area (Å²) in [6.07, 6.45) is 0. The Balaban J connectivity index is 1.90. The molecule has 3 rings (SSSR count). The summed E-state index contributed by atoms with van der Waals surface area (Å²) in [7, 11) is 0. The highest BCUT2D eigenvalue weighted by Gasteiger charge is 2.50. The van der Waals surface area contributed by atoms with Crippen molar-refractivity contribution in [2.24, 2.45) is 0 Å². The van der Waals surface area contributed by atoms with Crippen LogP contribution >= 0.6 is 0 Å². The van der Waals surface area contributed by atoms with Crippen molar-refractivity contribution in [3.05, 3.63) is 60.2 Å². The van der Waals surface area contributed by atoms with Crippen LogP contribution in [0.2, 0.25) is 0 Å². The molecular weight excluding hydrogens is 354 g/mol. The van der Waals surface area contributed by atoms with Crippen LogP contribution in [0.1, 0.15) is 26.3 Å². The number of nitrogens with one attached hydrogen (secondary N) is 1. The Kier molecular flexibility index (Phi) is 5.23. The molecule has 2 aromatic rings. The van der Waals surface area contributed by atoms with Crippen molar-refractivity contribution in [2.45, 2.75) is 26.3 Å². The molecule has 2 aromatic carbocycles. The summed E-state index contributed by atoms with van der Waals surface area (Å²) in [4.78, 5) is 41.0. The number of urea groups is 1. The lowest BCUT2D eigenvalue weighted by Gasteiger charge is -2.25. The Morgan fingerprint density at radius 3 is 2.54 bits per heavy atom. The maximum Gasteiger partial charge on any atom is 0.325 e. The van der Waals surface area contributed by atoms with Crippen molar-refractivity contribution < 1.29 is 14.4 Å². The van der Waals surface area contributed by atoms with E-state index in [2.05, 4.69) is 11.9 Å². The number of rotatable bonds is 6. The van der Waals surface area contributed by atoms with E-state index >= 15 is 0 Å². The Bertz CT molecular complexity index is 963. The third-order valence-corrected chi connectivity index (χ3v) is 5.09. The monoisotopic (exact) mass is 379 g/mol. The minimum absolute atomic E-state index is 0.281. The fourth-order valence-electron chi connectivity index (χ4n) is 3.62. The Morgan fingerprint density at radius 2 is 1.86 bits per heavy atom. The number of amides is 4. The van der Waals surface area contributed by atoms with Crippen LogP contribution in [-0.2, 0) is 15.1 Å². The average molecular weight is 379 g/mol. The van der Waals surface area contributed by atoms with Gasteiger partial charge >= 0.3 is 6.03 Å². The third-order valence-electron chi connectivity index (χ3n) is 5.09. The van der Waals surface area contributed by atoms with E-state index < -0.39 is 17.5 Å². The second-order valence-electron chi connectivity index (χ2n) is 7.34. The smallest absolute Gasteiger partial charge is 0.325 e. The molecule has 1 unspecified atom stereocenters. The van der Waals surface area contributed by atoms with E-state index in [-0.39, 0.29) is 12.5 Å². The lowest BCUT2D eigenvalue weighted by Crippen LogP contribution is -2.45. The van der Waals surface area contributed by atoms with Crippen LogP contribution in [0, 0.1) is 0 Å². The maximum atomic E-state index is 13.2. The lowest BCUT2D eigenvalue weighted by molar-refractivity contribution is -0.138. The Labute approximate surface area is 164 Å². The highest BCUT2D eigenvalue weighted by molar-refractivity contribution is 6.10. The van der Waals surface area contributed by atoms with E-state index in [0.717, 1.165) is 21.2 Å². The summed E-state index contributed by atoms with van der Waals surface area (Å²) < 4.78 is 0. The number of benzene rings is 2. The number of imide groups is 1. The van der Waals surface area contributed by atoms with Crippen molar-refractivity contribution in [3.8, 4) is 0 Å². The average Bonchev–Trinajstić information content (AvgIpc) is 2.89. The molecule has 1 saturated heterocycles. The molecule has 1 heterocycles. The van der Waals surface area contributed by atoms with Crippen molar-refractivity contribution in [2.75, 3.05) is 19.6 Å². The third kappa shape index (κ3) is 3.38. The van der Waals surface area contributed by atoms with Crippen molar-refractivity contribution in [1.82, 2.24) is 15.1 Å². The van der Waals surface area contributed by atoms with Crippen LogP contribution < -0.4 is 5.32 Å². The number of carbonyl (C=O) groups excluding carboxylic acids is 3. The number of hydrogen-bond acceptors (Lipinski definition) is 3. The molecule has 1 atom stereocenters. The molecule has 1 N–H and O–H groups in total. The molecule has 6 heteroatoms. The zero-order chi connectivity index (χ0) is 20.5. The van der Waals surface area contributed by atoms with Gasteiger partial charge in [0.2, 0.25) is 5.91 Å². The summed E-state index contributed by atoms with van der Waals surface area (Å²) in [5, 5.41) is 4.67. The van der Waals surface area contributed by atoms with Crippen molar-refractivity contribution in [1.29, 1.82) is 0 Å². The highest BCUT2D eigenvalue weighted by Crippen LogP contribution is 2.33. The van der Waals surface area contributed by atoms with Gasteiger partial charge in [-0.15, -0.1) is 0 Å². The SMILES string of the molecule is C=C(C)CN(CC)C(=O)CN1C(=O)NC(C)(c2cccc3ccccc23)C1=O. The summed E-state index contributed by atoms with van der Waals surface area (Å²) in [5.41, 5.74) is 0.338. The molecule has 0 spiro atoms. The second-order valence-corrected chi connectivity index (χ2v) is 7.34. The molecule has 0 aliphatic carbocycles. The predicted octanol–water partition coefficient (Wildman–Crippen LogP) is 3.03. The number of likely N-dealkylation sites (N-methyl/N-ethyl adjacent to an activating group) is 1. The van der Waals surface area contributed by atoms with Gasteiger partial charge in [-0.2, -0.15) is 0 Å². The van der Waals surface area contributed by atoms with Gasteiger partial charge in [-0.25, -0.2) is 4.79 Å². The predicted molar refractivity (Wildman–Crippen MR) is 109 cm³/mol. The van der Waals surface area contributed by atoms with E-state index in [4.69, 9.17) is 0 Å². The molecule has 0 bridgehead atoms. The number of fused-ring (bicyclic) bond motifs is 1. The number of carbonyl (C=O) groups is 3. The van der Waals surface area contributed by atoms with Gasteiger partial charge in [-0.1, -0.05) is 54.6 Å². The first-order valence-corrected chi connectivity index (χ1v) is 9.32. The molecule has 1 fully saturated rings. The summed E-state index contributed by atoms with van der Waals surface area (Å²) in [6.45, 7) is 9.80. The summed E-state index contributed by atoms with van der Waals surface area (Å²) in [5.74, 6) is -0.704. The maximum absolute atomic E-state index is 13.2. The van der Waals surface area contributed by atoms with Crippen LogP contribution in [-0.4, -0.2) is 47.3 Å². The number of nitrogens with zero attached hydrogens (tertiary/aromatic N) is 2. The molecule has 0 aromatic heterocycles. The van der Waals surface area contributed by atoms with Crippen molar-refractivity contribution >= 4 is 28.6 Å². The minimum atomic E-state index is -1.22. The molecule has 4 amide bonds. The number of hydrogen-bond donors (Lipinski definition) is 1. The highest BCUT2D eigenvalue weighted by atomic mass is 16.2. The molecular formula is C22H25N3O3. The first kappa shape index (κ1) is 19.6. The summed E-state index contributed by atoms with van der Waals surface area (Å²) in [6, 6.07) is 12.8. The quantitative estimate of drug-likeness (QED) is 0.620. The van der Waals surface area contributed by atoms with Gasteiger partial charge in [-0.3, -0.25) is 14.5 Å². The van der Waals surface area contributed by atoms with E-state index in [0.29, 0.717) is 18.7 Å². The fourth-order valence-corrected chi connectivity index (χ4v) is 3.62. The van der Waals surface area contributed by atoms with Gasteiger partial charge in [-0.05, 0) is 37.1 Å². The molecule has 1 aliphatic heterocycles. The molecule has 28 heavy (non-hydrogen) atoms. The zero-order valence-corrected chi connectivity index (χ0v) is 16.5. The first-order chi connectivity index (χ1) is 13.3. The fraction of sp³-hybridized carbons (Fsp3) is 0.318. The summed E-state index contributed by atoms with van der Waals surface area (Å²) >= 11 is 0. The van der Waals surface area contributed by atoms with Gasteiger partial charge in [0.25, 0.3) is 5.91 Å². The van der Waals surface area contributed by atoms with Crippen LogP contribution in [0.3, 0.4) is 0 Å². The van der Waals surface area contributed by atoms with Crippen LogP contribution in [0.15, 0.2) is 54.6 Å². The first-order valence-electron chi connectivity index (χ1n) is 9.32. The van der Waals surface area contributed by atoms with Gasteiger partial charge in [0.05, 0.1) is 0 Å². The molecule has 6 nitrogen and oxygen atoms in total. The lowest BCUT2D eigenvalue weighted by atomic mass is 9.88. The van der Waals surface area contributed by atoms with Crippen molar-refractivity contribution in [3.63, 3.8) is 0 Å². The van der Waals surface area contributed by atoms with Crippen LogP contribution in [0.25, 0.3) is 10.8 Å². The topological polar surface area (TPSA) is 69.7 Å². The largest absolute Gasteiger partial charge is 0.337 e. The van der Waals surface area contributed by atoms with Crippen LogP contribution in [0.5, 0.6) is 0 Å². The second kappa shape index (κ2) is 7.46. The molecule has 0 saturated carbocycles. The Hall–Kier alpha value is -3.15. The van der Waals surface area contributed by atoms with E-state index in [1.807, 2.05) is 56.3 Å². The molecule has 0 radical (unpaired) electrons. The van der Waals surface area contributed by atoms with E-state index in [1.54, 1.807) is 11.8 Å². The Morgan fingerprint density at radius 1 is 1.18 bits per heavy atom. The van der Waals surface area contributed by atoms with Gasteiger partial charge < -0.3 is 10.2 Å². The minimum Gasteiger partial charge on any atom is -0.337 e. The van der Waals surface area contributed by atoms with E-state index in [1.165, 1.54) is 0 Å². The normalized spacial score (nSPS) is 19.0. The van der Waals surface area contributed by atoms with Gasteiger partial charge in [0.15, 0.2) is 0 Å². The van der Waals surface area contributed by atoms with E-state index in [9.17, 15) is 14.4 Å². The van der Waals surface area contributed by atoms with Gasteiger partial charge in [0.1, 0.15) is 12.1 Å². The molecule has 1 aliphatic rings.